The minimum atomic E-state index is 0.927. The minimum absolute atomic E-state index is 0.927. The monoisotopic (exact) mass is 102 g/mol. The predicted molar refractivity (Wildman–Crippen MR) is 29.4 cm³/mol. The molecule has 1 nitrogen and oxygen atoms in total. The Bertz CT molecular complexity index is 23.0. The van der Waals surface area contributed by atoms with Gasteiger partial charge in [-0.3, -0.25) is 0 Å². The van der Waals surface area contributed by atoms with Gasteiger partial charge in [0, 0.05) is 6.54 Å². The molecule has 1 fully saturated rings. The van der Waals surface area contributed by atoms with E-state index in [0.29, 0.717) is 0 Å². The third-order valence-electron chi connectivity index (χ3n) is 0.920. The van der Waals surface area contributed by atoms with E-state index in [1.165, 1.54) is 19.0 Å². The highest BCUT2D eigenvalue weighted by molar-refractivity contribution is 7.35. The van der Waals surface area contributed by atoms with Crippen LogP contribution in [-0.4, -0.2) is 12.7 Å². The summed E-state index contributed by atoms with van der Waals surface area (Å²) in [6.45, 7) is 1.14. The summed E-state index contributed by atoms with van der Waals surface area (Å²) in [7, 11) is 0.927. The SMILES string of the molecule is C1CCP[N]C1. The molecule has 0 aromatic carbocycles. The zero-order chi connectivity index (χ0) is 4.24. The van der Waals surface area contributed by atoms with Crippen molar-refractivity contribution >= 4 is 8.73 Å². The van der Waals surface area contributed by atoms with Crippen LogP contribution in [0.2, 0.25) is 0 Å². The van der Waals surface area contributed by atoms with Gasteiger partial charge in [0.05, 0.1) is 0 Å². The van der Waals surface area contributed by atoms with Gasteiger partial charge in [-0.25, -0.2) is 5.09 Å². The Morgan fingerprint density at radius 2 is 2.33 bits per heavy atom. The molecule has 1 heterocycles. The average molecular weight is 102 g/mol. The Labute approximate surface area is 40.3 Å². The second-order valence-corrected chi connectivity index (χ2v) is 2.63. The van der Waals surface area contributed by atoms with E-state index in [-0.39, 0.29) is 0 Å². The summed E-state index contributed by atoms with van der Waals surface area (Å²) in [6.07, 6.45) is 4.12. The first kappa shape index (κ1) is 4.55. The lowest BCUT2D eigenvalue weighted by atomic mass is 10.3. The van der Waals surface area contributed by atoms with E-state index in [9.17, 15) is 0 Å². The predicted octanol–water partition coefficient (Wildman–Crippen LogP) is 0.978. The van der Waals surface area contributed by atoms with E-state index in [2.05, 4.69) is 5.09 Å². The summed E-state index contributed by atoms with van der Waals surface area (Å²) in [5.41, 5.74) is 0. The molecule has 6 heavy (non-hydrogen) atoms. The molecule has 0 aromatic heterocycles. The molecule has 0 aliphatic carbocycles. The van der Waals surface area contributed by atoms with Gasteiger partial charge in [0.15, 0.2) is 0 Å². The van der Waals surface area contributed by atoms with Crippen molar-refractivity contribution < 1.29 is 0 Å². The third kappa shape index (κ3) is 1.24. The van der Waals surface area contributed by atoms with Crippen LogP contribution in [-0.2, 0) is 0 Å². The molecule has 1 rings (SSSR count). The number of hydrogen-bond acceptors (Lipinski definition) is 0. The van der Waals surface area contributed by atoms with Crippen molar-refractivity contribution in [1.29, 1.82) is 0 Å². The van der Waals surface area contributed by atoms with Gasteiger partial charge in [-0.2, -0.15) is 0 Å². The molecule has 0 aromatic rings. The summed E-state index contributed by atoms with van der Waals surface area (Å²) in [5.74, 6) is 0. The molecular formula is C4H9NP. The van der Waals surface area contributed by atoms with Crippen LogP contribution in [0.5, 0.6) is 0 Å². The normalized spacial score (nSPS) is 28.0. The molecule has 1 unspecified atom stereocenters. The molecule has 0 bridgehead atoms. The quantitative estimate of drug-likeness (QED) is 0.405. The average Bonchev–Trinajstić information content (AvgIpc) is 1.72. The van der Waals surface area contributed by atoms with Gasteiger partial charge in [0.25, 0.3) is 0 Å². The van der Waals surface area contributed by atoms with Crippen molar-refractivity contribution in [3.63, 3.8) is 0 Å². The fourth-order valence-electron chi connectivity index (χ4n) is 0.553. The van der Waals surface area contributed by atoms with Gasteiger partial charge >= 0.3 is 0 Å². The van der Waals surface area contributed by atoms with Crippen molar-refractivity contribution in [2.24, 2.45) is 0 Å². The summed E-state index contributed by atoms with van der Waals surface area (Å²) in [6, 6.07) is 0. The fourth-order valence-corrected chi connectivity index (χ4v) is 1.44. The van der Waals surface area contributed by atoms with Crippen molar-refractivity contribution in [1.82, 2.24) is 5.09 Å². The molecular weight excluding hydrogens is 93.0 g/mol. The summed E-state index contributed by atoms with van der Waals surface area (Å²) in [4.78, 5) is 0. The molecule has 0 spiro atoms. The molecule has 1 aliphatic heterocycles. The first-order chi connectivity index (χ1) is 3.00. The number of rotatable bonds is 0. The third-order valence-corrected chi connectivity index (χ3v) is 1.94. The Hall–Kier alpha value is 0.390. The van der Waals surface area contributed by atoms with E-state index in [1.54, 1.807) is 0 Å². The van der Waals surface area contributed by atoms with Gasteiger partial charge in [-0.05, 0) is 27.7 Å². The van der Waals surface area contributed by atoms with Gasteiger partial charge < -0.3 is 0 Å². The highest BCUT2D eigenvalue weighted by Crippen LogP contribution is 2.13. The first-order valence-corrected chi connectivity index (χ1v) is 3.55. The molecule has 0 N–H and O–H groups in total. The highest BCUT2D eigenvalue weighted by Gasteiger charge is 1.95. The van der Waals surface area contributed by atoms with Gasteiger partial charge in [-0.15, -0.1) is 0 Å². The van der Waals surface area contributed by atoms with Crippen molar-refractivity contribution in [2.45, 2.75) is 12.8 Å². The van der Waals surface area contributed by atoms with Crippen molar-refractivity contribution in [3.8, 4) is 0 Å². The smallest absolute Gasteiger partial charge is 0.0174 e. The lowest BCUT2D eigenvalue weighted by molar-refractivity contribution is 0.740. The van der Waals surface area contributed by atoms with Crippen LogP contribution in [0.25, 0.3) is 0 Å². The van der Waals surface area contributed by atoms with Gasteiger partial charge in [0.1, 0.15) is 0 Å². The lowest BCUT2D eigenvalue weighted by Crippen LogP contribution is -2.02. The van der Waals surface area contributed by atoms with Crippen LogP contribution in [0.15, 0.2) is 0 Å². The summed E-state index contributed by atoms with van der Waals surface area (Å²) in [5, 5.41) is 4.20. The Kier molecular flexibility index (Phi) is 1.93. The molecule has 35 valence electrons. The maximum Gasteiger partial charge on any atom is 0.0174 e. The largest absolute Gasteiger partial charge is 0.220 e. The Morgan fingerprint density at radius 3 is 2.50 bits per heavy atom. The van der Waals surface area contributed by atoms with E-state index in [0.717, 1.165) is 15.3 Å². The van der Waals surface area contributed by atoms with E-state index < -0.39 is 0 Å². The highest BCUT2D eigenvalue weighted by atomic mass is 31.1. The standard InChI is InChI=1S/C4H9NP/c1-2-4-6-5-3-1/h6H,1-4H2. The van der Waals surface area contributed by atoms with Crippen LogP contribution in [0, 0.1) is 0 Å². The summed E-state index contributed by atoms with van der Waals surface area (Å²) < 4.78 is 0. The van der Waals surface area contributed by atoms with Crippen molar-refractivity contribution in [2.75, 3.05) is 12.7 Å². The van der Waals surface area contributed by atoms with E-state index in [1.807, 2.05) is 0 Å². The Morgan fingerprint density at radius 1 is 1.33 bits per heavy atom. The van der Waals surface area contributed by atoms with Crippen molar-refractivity contribution in [3.05, 3.63) is 0 Å². The molecule has 0 saturated carbocycles. The van der Waals surface area contributed by atoms with E-state index in [4.69, 9.17) is 0 Å². The zero-order valence-corrected chi connectivity index (χ0v) is 4.78. The fraction of sp³-hybridized carbons (Fsp3) is 1.00. The second-order valence-electron chi connectivity index (χ2n) is 1.50. The maximum absolute atomic E-state index is 4.20. The summed E-state index contributed by atoms with van der Waals surface area (Å²) >= 11 is 0. The van der Waals surface area contributed by atoms with Crippen LogP contribution < -0.4 is 5.09 Å². The molecule has 2 heteroatoms. The molecule has 1 radical (unpaired) electrons. The van der Waals surface area contributed by atoms with Crippen LogP contribution in [0.4, 0.5) is 0 Å². The van der Waals surface area contributed by atoms with E-state index >= 15 is 0 Å². The molecule has 0 amide bonds. The minimum Gasteiger partial charge on any atom is -0.220 e. The Balaban J connectivity index is 2.00. The zero-order valence-electron chi connectivity index (χ0n) is 3.78. The molecule has 1 saturated heterocycles. The van der Waals surface area contributed by atoms with Crippen LogP contribution >= 0.6 is 8.73 Å². The number of nitrogens with zero attached hydrogens (tertiary/aromatic N) is 1. The molecule has 1 aliphatic rings. The first-order valence-electron chi connectivity index (χ1n) is 2.39. The lowest BCUT2D eigenvalue weighted by Gasteiger charge is -2.06. The van der Waals surface area contributed by atoms with Crippen LogP contribution in [0.1, 0.15) is 12.8 Å². The van der Waals surface area contributed by atoms with Crippen LogP contribution in [0.3, 0.4) is 0 Å². The second kappa shape index (κ2) is 2.54. The topological polar surface area (TPSA) is 14.1 Å². The number of hydrogen-bond donors (Lipinski definition) is 0. The molecule has 1 atom stereocenters. The van der Waals surface area contributed by atoms with Gasteiger partial charge in [-0.1, -0.05) is 0 Å². The van der Waals surface area contributed by atoms with Gasteiger partial charge in [0.2, 0.25) is 0 Å². The maximum atomic E-state index is 4.20.